The Kier molecular flexibility index (Phi) is 4.78. The van der Waals surface area contributed by atoms with Gasteiger partial charge in [0.15, 0.2) is 5.88 Å². The predicted molar refractivity (Wildman–Crippen MR) is 83.1 cm³/mol. The molecule has 2 heterocycles. The van der Waals surface area contributed by atoms with Crippen LogP contribution in [0, 0.1) is 0 Å². The number of ether oxygens (including phenoxy) is 2. The SMILES string of the molecule is Cn1c(OC2CCN(C(=O)OC(C)(C)C)CC2)cccc1=O. The van der Waals surface area contributed by atoms with Gasteiger partial charge in [0.05, 0.1) is 0 Å². The summed E-state index contributed by atoms with van der Waals surface area (Å²) in [6.45, 7) is 6.77. The molecule has 2 rings (SSSR count). The van der Waals surface area contributed by atoms with Crippen molar-refractivity contribution in [3.8, 4) is 5.88 Å². The van der Waals surface area contributed by atoms with E-state index in [1.807, 2.05) is 20.8 Å². The first-order valence-corrected chi connectivity index (χ1v) is 7.57. The zero-order valence-electron chi connectivity index (χ0n) is 13.7. The van der Waals surface area contributed by atoms with Gasteiger partial charge in [-0.1, -0.05) is 6.07 Å². The summed E-state index contributed by atoms with van der Waals surface area (Å²) in [5.41, 5.74) is -0.573. The van der Waals surface area contributed by atoms with Crippen LogP contribution in [0.5, 0.6) is 5.88 Å². The number of hydrogen-bond acceptors (Lipinski definition) is 4. The molecule has 1 amide bonds. The Morgan fingerprint density at radius 2 is 1.86 bits per heavy atom. The second-order valence-corrected chi connectivity index (χ2v) is 6.55. The first-order valence-electron chi connectivity index (χ1n) is 7.57. The quantitative estimate of drug-likeness (QED) is 0.840. The zero-order valence-corrected chi connectivity index (χ0v) is 13.7. The lowest BCUT2D eigenvalue weighted by atomic mass is 10.1. The third-order valence-corrected chi connectivity index (χ3v) is 3.52. The molecule has 0 atom stereocenters. The lowest BCUT2D eigenvalue weighted by Crippen LogP contribution is -2.44. The van der Waals surface area contributed by atoms with E-state index in [2.05, 4.69) is 0 Å². The molecular formula is C16H24N2O4. The molecule has 1 aliphatic heterocycles. The van der Waals surface area contributed by atoms with Gasteiger partial charge in [-0.05, 0) is 26.8 Å². The summed E-state index contributed by atoms with van der Waals surface area (Å²) in [5.74, 6) is 0.559. The molecule has 1 aromatic rings. The molecule has 122 valence electrons. The Morgan fingerprint density at radius 1 is 1.23 bits per heavy atom. The number of piperidine rings is 1. The average Bonchev–Trinajstić information content (AvgIpc) is 2.43. The monoisotopic (exact) mass is 308 g/mol. The van der Waals surface area contributed by atoms with Crippen molar-refractivity contribution in [1.29, 1.82) is 0 Å². The largest absolute Gasteiger partial charge is 0.475 e. The molecular weight excluding hydrogens is 284 g/mol. The summed E-state index contributed by atoms with van der Waals surface area (Å²) in [7, 11) is 1.69. The van der Waals surface area contributed by atoms with Gasteiger partial charge in [-0.2, -0.15) is 0 Å². The van der Waals surface area contributed by atoms with Gasteiger partial charge in [-0.25, -0.2) is 4.79 Å². The van der Waals surface area contributed by atoms with Gasteiger partial charge < -0.3 is 14.4 Å². The van der Waals surface area contributed by atoms with E-state index in [1.54, 1.807) is 24.1 Å². The summed E-state index contributed by atoms with van der Waals surface area (Å²) >= 11 is 0. The predicted octanol–water partition coefficient (Wildman–Crippen LogP) is 2.16. The van der Waals surface area contributed by atoms with Crippen LogP contribution >= 0.6 is 0 Å². The summed E-state index contributed by atoms with van der Waals surface area (Å²) in [4.78, 5) is 25.3. The number of nitrogens with zero attached hydrogens (tertiary/aromatic N) is 2. The summed E-state index contributed by atoms with van der Waals surface area (Å²) in [6.07, 6.45) is 1.18. The number of carbonyl (C=O) groups excluding carboxylic acids is 1. The molecule has 0 bridgehead atoms. The van der Waals surface area contributed by atoms with Gasteiger partial charge >= 0.3 is 6.09 Å². The molecule has 0 saturated carbocycles. The molecule has 0 spiro atoms. The van der Waals surface area contributed by atoms with E-state index < -0.39 is 5.60 Å². The van der Waals surface area contributed by atoms with Gasteiger partial charge in [-0.15, -0.1) is 0 Å². The number of pyridine rings is 1. The van der Waals surface area contributed by atoms with E-state index in [0.717, 1.165) is 12.8 Å². The van der Waals surface area contributed by atoms with E-state index in [-0.39, 0.29) is 17.8 Å². The Morgan fingerprint density at radius 3 is 2.45 bits per heavy atom. The molecule has 1 saturated heterocycles. The van der Waals surface area contributed by atoms with Crippen LogP contribution < -0.4 is 10.3 Å². The number of amides is 1. The van der Waals surface area contributed by atoms with Crippen LogP contribution in [0.1, 0.15) is 33.6 Å². The fourth-order valence-electron chi connectivity index (χ4n) is 2.32. The third kappa shape index (κ3) is 4.26. The van der Waals surface area contributed by atoms with E-state index in [9.17, 15) is 9.59 Å². The second-order valence-electron chi connectivity index (χ2n) is 6.55. The van der Waals surface area contributed by atoms with Gasteiger partial charge in [0.2, 0.25) is 0 Å². The van der Waals surface area contributed by atoms with Crippen molar-refractivity contribution in [1.82, 2.24) is 9.47 Å². The molecule has 22 heavy (non-hydrogen) atoms. The minimum absolute atomic E-state index is 0.00619. The van der Waals surface area contributed by atoms with Crippen molar-refractivity contribution in [2.45, 2.75) is 45.3 Å². The normalized spacial score (nSPS) is 16.5. The maximum atomic E-state index is 12.0. The highest BCUT2D eigenvalue weighted by Crippen LogP contribution is 2.19. The molecule has 1 aromatic heterocycles. The van der Waals surface area contributed by atoms with Crippen molar-refractivity contribution in [3.63, 3.8) is 0 Å². The van der Waals surface area contributed by atoms with Crippen molar-refractivity contribution in [2.24, 2.45) is 7.05 Å². The fraction of sp³-hybridized carbons (Fsp3) is 0.625. The lowest BCUT2D eigenvalue weighted by molar-refractivity contribution is 0.0119. The standard InChI is InChI=1S/C16H24N2O4/c1-16(2,3)22-15(20)18-10-8-12(9-11-18)21-14-7-5-6-13(19)17(14)4/h5-7,12H,8-11H2,1-4H3. The van der Waals surface area contributed by atoms with Crippen LogP contribution in [0.25, 0.3) is 0 Å². The molecule has 6 heteroatoms. The summed E-state index contributed by atoms with van der Waals surface area (Å²) < 4.78 is 12.7. The average molecular weight is 308 g/mol. The van der Waals surface area contributed by atoms with Crippen LogP contribution in [0.15, 0.2) is 23.0 Å². The molecule has 0 aliphatic carbocycles. The molecule has 0 radical (unpaired) electrons. The topological polar surface area (TPSA) is 60.8 Å². The molecule has 0 N–H and O–H groups in total. The van der Waals surface area contributed by atoms with Crippen molar-refractivity contribution in [3.05, 3.63) is 28.6 Å². The van der Waals surface area contributed by atoms with Gasteiger partial charge in [0, 0.05) is 39.0 Å². The van der Waals surface area contributed by atoms with E-state index in [1.165, 1.54) is 10.6 Å². The first kappa shape index (κ1) is 16.4. The smallest absolute Gasteiger partial charge is 0.410 e. The Balaban J connectivity index is 1.89. The highest BCUT2D eigenvalue weighted by atomic mass is 16.6. The summed E-state index contributed by atoms with van der Waals surface area (Å²) in [6, 6.07) is 4.97. The van der Waals surface area contributed by atoms with Gasteiger partial charge in [0.25, 0.3) is 5.56 Å². The summed E-state index contributed by atoms with van der Waals surface area (Å²) in [5, 5.41) is 0. The number of carbonyl (C=O) groups is 1. The number of hydrogen-bond donors (Lipinski definition) is 0. The van der Waals surface area contributed by atoms with E-state index >= 15 is 0 Å². The number of aromatic nitrogens is 1. The van der Waals surface area contributed by atoms with Crippen LogP contribution in [-0.4, -0.2) is 40.4 Å². The van der Waals surface area contributed by atoms with Crippen LogP contribution in [-0.2, 0) is 11.8 Å². The highest BCUT2D eigenvalue weighted by Gasteiger charge is 2.27. The Labute approximate surface area is 130 Å². The highest BCUT2D eigenvalue weighted by molar-refractivity contribution is 5.68. The van der Waals surface area contributed by atoms with Crippen molar-refractivity contribution < 1.29 is 14.3 Å². The molecule has 6 nitrogen and oxygen atoms in total. The van der Waals surface area contributed by atoms with Crippen LogP contribution in [0.2, 0.25) is 0 Å². The maximum Gasteiger partial charge on any atom is 0.410 e. The molecule has 1 fully saturated rings. The van der Waals surface area contributed by atoms with E-state index in [0.29, 0.717) is 19.0 Å². The van der Waals surface area contributed by atoms with Crippen LogP contribution in [0.3, 0.4) is 0 Å². The Bertz CT molecular complexity index is 581. The minimum Gasteiger partial charge on any atom is -0.475 e. The van der Waals surface area contributed by atoms with E-state index in [4.69, 9.17) is 9.47 Å². The van der Waals surface area contributed by atoms with Crippen molar-refractivity contribution >= 4 is 6.09 Å². The number of rotatable bonds is 2. The molecule has 0 unspecified atom stereocenters. The van der Waals surface area contributed by atoms with Crippen molar-refractivity contribution in [2.75, 3.05) is 13.1 Å². The van der Waals surface area contributed by atoms with Gasteiger partial charge in [0.1, 0.15) is 11.7 Å². The molecule has 0 aromatic carbocycles. The van der Waals surface area contributed by atoms with Gasteiger partial charge in [-0.3, -0.25) is 9.36 Å². The maximum absolute atomic E-state index is 12.0. The lowest BCUT2D eigenvalue weighted by Gasteiger charge is -2.33. The van der Waals surface area contributed by atoms with Crippen LogP contribution in [0.4, 0.5) is 4.79 Å². The second kappa shape index (κ2) is 6.42. The first-order chi connectivity index (χ1) is 10.3. The Hall–Kier alpha value is -1.98. The minimum atomic E-state index is -0.479. The molecule has 1 aliphatic rings. The zero-order chi connectivity index (χ0) is 16.3. The third-order valence-electron chi connectivity index (χ3n) is 3.52. The number of likely N-dealkylation sites (tertiary alicyclic amines) is 1. The fourth-order valence-corrected chi connectivity index (χ4v) is 2.32.